The molecule has 6 nitrogen and oxygen atoms in total. The van der Waals surface area contributed by atoms with E-state index in [-0.39, 0.29) is 18.1 Å². The largest absolute Gasteiger partial charge is 0.362 e. The Labute approximate surface area is 182 Å². The van der Waals surface area contributed by atoms with Crippen LogP contribution in [0.1, 0.15) is 11.3 Å². The van der Waals surface area contributed by atoms with Crippen molar-refractivity contribution >= 4 is 11.3 Å². The molecule has 4 heterocycles. The molecule has 0 amide bonds. The lowest BCUT2D eigenvalue weighted by Gasteiger charge is -2.12. The third-order valence-corrected chi connectivity index (χ3v) is 5.07. The third-order valence-electron chi connectivity index (χ3n) is 5.07. The first-order valence-corrected chi connectivity index (χ1v) is 10.00. The smallest absolute Gasteiger partial charge is 0.183 e. The number of anilines is 1. The zero-order chi connectivity index (χ0) is 22.1. The maximum Gasteiger partial charge on any atom is 0.183 e. The second kappa shape index (κ2) is 8.14. The van der Waals surface area contributed by atoms with Crippen molar-refractivity contribution in [1.29, 1.82) is 0 Å². The van der Waals surface area contributed by atoms with Gasteiger partial charge in [0.15, 0.2) is 11.6 Å². The fraction of sp³-hybridized carbons (Fsp3) is 0.0833. The minimum Gasteiger partial charge on any atom is -0.362 e. The number of benzene rings is 1. The van der Waals surface area contributed by atoms with E-state index < -0.39 is 5.82 Å². The van der Waals surface area contributed by atoms with E-state index in [1.165, 1.54) is 24.4 Å². The monoisotopic (exact) mass is 428 g/mol. The van der Waals surface area contributed by atoms with Crippen molar-refractivity contribution in [3.05, 3.63) is 96.2 Å². The van der Waals surface area contributed by atoms with Crippen LogP contribution < -0.4 is 5.32 Å². The third kappa shape index (κ3) is 3.66. The molecule has 0 unspecified atom stereocenters. The number of aromatic nitrogens is 5. The van der Waals surface area contributed by atoms with Crippen molar-refractivity contribution in [2.45, 2.75) is 13.5 Å². The predicted octanol–water partition coefficient (Wildman–Crippen LogP) is 5.05. The van der Waals surface area contributed by atoms with Gasteiger partial charge in [-0.05, 0) is 42.8 Å². The zero-order valence-corrected chi connectivity index (χ0v) is 17.1. The molecule has 0 fully saturated rings. The van der Waals surface area contributed by atoms with Crippen molar-refractivity contribution < 1.29 is 8.78 Å². The van der Waals surface area contributed by atoms with E-state index in [4.69, 9.17) is 0 Å². The first-order chi connectivity index (χ1) is 15.6. The van der Waals surface area contributed by atoms with Crippen LogP contribution in [0.25, 0.3) is 28.0 Å². The van der Waals surface area contributed by atoms with E-state index in [2.05, 4.69) is 25.4 Å². The summed E-state index contributed by atoms with van der Waals surface area (Å²) in [5.74, 6) is 0.102. The van der Waals surface area contributed by atoms with Gasteiger partial charge in [-0.15, -0.1) is 5.10 Å². The molecule has 32 heavy (non-hydrogen) atoms. The number of rotatable bonds is 5. The maximum atomic E-state index is 14.6. The summed E-state index contributed by atoms with van der Waals surface area (Å²) in [6.45, 7) is 2.04. The highest BCUT2D eigenvalue weighted by Crippen LogP contribution is 2.32. The Morgan fingerprint density at radius 3 is 2.62 bits per heavy atom. The Balaban J connectivity index is 1.67. The lowest BCUT2D eigenvalue weighted by molar-refractivity contribution is 0.602. The van der Waals surface area contributed by atoms with Crippen LogP contribution in [-0.2, 0) is 6.54 Å². The summed E-state index contributed by atoms with van der Waals surface area (Å²) < 4.78 is 30.3. The summed E-state index contributed by atoms with van der Waals surface area (Å²) in [6.07, 6.45) is 6.70. The van der Waals surface area contributed by atoms with Crippen LogP contribution in [0.4, 0.5) is 14.6 Å². The Morgan fingerprint density at radius 2 is 1.81 bits per heavy atom. The molecule has 1 aromatic carbocycles. The molecule has 5 aromatic rings. The van der Waals surface area contributed by atoms with Crippen molar-refractivity contribution in [3.63, 3.8) is 0 Å². The molecule has 4 aromatic heterocycles. The van der Waals surface area contributed by atoms with Crippen molar-refractivity contribution in [3.8, 4) is 22.5 Å². The predicted molar refractivity (Wildman–Crippen MR) is 118 cm³/mol. The average molecular weight is 428 g/mol. The molecule has 0 bridgehead atoms. The lowest BCUT2D eigenvalue weighted by Crippen LogP contribution is -2.09. The number of hydrogen-bond donors (Lipinski definition) is 1. The minimum atomic E-state index is -0.419. The minimum absolute atomic E-state index is 0.104. The average Bonchev–Trinajstić information content (AvgIpc) is 3.23. The number of pyridine rings is 2. The van der Waals surface area contributed by atoms with Gasteiger partial charge in [-0.1, -0.05) is 18.2 Å². The summed E-state index contributed by atoms with van der Waals surface area (Å²) in [5.41, 5.74) is 3.59. The molecule has 0 saturated carbocycles. The van der Waals surface area contributed by atoms with Gasteiger partial charge in [-0.3, -0.25) is 9.97 Å². The first kappa shape index (κ1) is 19.7. The topological polar surface area (TPSA) is 68.0 Å². The summed E-state index contributed by atoms with van der Waals surface area (Å²) in [4.78, 5) is 13.0. The molecule has 8 heteroatoms. The fourth-order valence-electron chi connectivity index (χ4n) is 3.56. The molecule has 0 spiro atoms. The second-order valence-electron chi connectivity index (χ2n) is 7.32. The van der Waals surface area contributed by atoms with Gasteiger partial charge < -0.3 is 5.32 Å². The van der Waals surface area contributed by atoms with Gasteiger partial charge in [-0.2, -0.15) is 0 Å². The molecule has 0 radical (unpaired) electrons. The molecule has 0 aliphatic heterocycles. The summed E-state index contributed by atoms with van der Waals surface area (Å²) in [7, 11) is 0. The number of halogens is 2. The Hall–Kier alpha value is -4.20. The molecule has 158 valence electrons. The van der Waals surface area contributed by atoms with E-state index in [0.29, 0.717) is 28.3 Å². The standard InChI is InChI=1S/C24H18F2N6/c1-15-11-16(13-27-12-15)23-30-24(29-14-21-20(26)7-4-9-28-21)22-18(8-10-32(22)31-23)17-5-2-3-6-19(17)25/h2-13H,14H2,1H3,(H,29,30,31). The van der Waals surface area contributed by atoms with Gasteiger partial charge in [0.2, 0.25) is 0 Å². The number of nitrogens with one attached hydrogen (secondary N) is 1. The van der Waals surface area contributed by atoms with Crippen LogP contribution in [-0.4, -0.2) is 24.6 Å². The van der Waals surface area contributed by atoms with Crippen LogP contribution in [0.5, 0.6) is 0 Å². The SMILES string of the molecule is Cc1cncc(-c2nc(NCc3ncccc3F)c3c(-c4ccccc4F)ccn3n2)c1. The number of hydrogen-bond acceptors (Lipinski definition) is 5. The normalized spacial score (nSPS) is 11.1. The van der Waals surface area contributed by atoms with Gasteiger partial charge in [0, 0.05) is 41.5 Å². The van der Waals surface area contributed by atoms with Crippen molar-refractivity contribution in [2.75, 3.05) is 5.32 Å². The van der Waals surface area contributed by atoms with Crippen molar-refractivity contribution in [2.24, 2.45) is 0 Å². The number of fused-ring (bicyclic) bond motifs is 1. The van der Waals surface area contributed by atoms with Gasteiger partial charge in [-0.25, -0.2) is 18.3 Å². The van der Waals surface area contributed by atoms with Crippen LogP contribution in [0.15, 0.2) is 73.3 Å². The van der Waals surface area contributed by atoms with Gasteiger partial charge >= 0.3 is 0 Å². The second-order valence-corrected chi connectivity index (χ2v) is 7.32. The molecule has 0 aliphatic carbocycles. The van der Waals surface area contributed by atoms with Crippen molar-refractivity contribution in [1.82, 2.24) is 24.6 Å². The molecule has 5 rings (SSSR count). The van der Waals surface area contributed by atoms with Gasteiger partial charge in [0.25, 0.3) is 0 Å². The summed E-state index contributed by atoms with van der Waals surface area (Å²) in [6, 6.07) is 13.1. The molecular formula is C24H18F2N6. The highest BCUT2D eigenvalue weighted by molar-refractivity contribution is 5.89. The summed E-state index contributed by atoms with van der Waals surface area (Å²) in [5, 5.41) is 7.78. The Morgan fingerprint density at radius 1 is 0.969 bits per heavy atom. The van der Waals surface area contributed by atoms with Gasteiger partial charge in [0.05, 0.1) is 12.2 Å². The van der Waals surface area contributed by atoms with Crippen LogP contribution in [0, 0.1) is 18.6 Å². The molecule has 1 N–H and O–H groups in total. The van der Waals surface area contributed by atoms with E-state index >= 15 is 0 Å². The van der Waals surface area contributed by atoms with Crippen LogP contribution in [0.2, 0.25) is 0 Å². The van der Waals surface area contributed by atoms with E-state index in [9.17, 15) is 8.78 Å². The highest BCUT2D eigenvalue weighted by Gasteiger charge is 2.18. The molecule has 0 atom stereocenters. The van der Waals surface area contributed by atoms with E-state index in [0.717, 1.165) is 11.1 Å². The highest BCUT2D eigenvalue weighted by atomic mass is 19.1. The maximum absolute atomic E-state index is 14.6. The van der Waals surface area contributed by atoms with E-state index in [1.54, 1.807) is 47.4 Å². The first-order valence-electron chi connectivity index (χ1n) is 10.00. The Kier molecular flexibility index (Phi) is 5.03. The molecule has 0 aliphatic rings. The quantitative estimate of drug-likeness (QED) is 0.424. The molecular weight excluding hydrogens is 410 g/mol. The number of aryl methyl sites for hydroxylation is 1. The lowest BCUT2D eigenvalue weighted by atomic mass is 10.1. The number of nitrogens with zero attached hydrogens (tertiary/aromatic N) is 5. The van der Waals surface area contributed by atoms with Gasteiger partial charge in [0.1, 0.15) is 17.2 Å². The van der Waals surface area contributed by atoms with Crippen LogP contribution in [0.3, 0.4) is 0 Å². The van der Waals surface area contributed by atoms with Crippen LogP contribution >= 0.6 is 0 Å². The van der Waals surface area contributed by atoms with E-state index in [1.807, 2.05) is 13.0 Å². The molecule has 0 saturated heterocycles. The fourth-order valence-corrected chi connectivity index (χ4v) is 3.56. The zero-order valence-electron chi connectivity index (χ0n) is 17.1. The summed E-state index contributed by atoms with van der Waals surface area (Å²) >= 11 is 0. The Bertz CT molecular complexity index is 1430.